The molecule has 3 aliphatic rings. The van der Waals surface area contributed by atoms with Crippen LogP contribution in [0.15, 0.2) is 24.4 Å². The maximum Gasteiger partial charge on any atom is 0.230 e. The average molecular weight is 450 g/mol. The number of hydrogen-bond donors (Lipinski definition) is 1. The van der Waals surface area contributed by atoms with Gasteiger partial charge in [0.2, 0.25) is 11.9 Å². The van der Waals surface area contributed by atoms with E-state index in [4.69, 9.17) is 4.98 Å². The number of amides is 1. The summed E-state index contributed by atoms with van der Waals surface area (Å²) < 4.78 is 0. The number of rotatable bonds is 5. The lowest BCUT2D eigenvalue weighted by molar-refractivity contribution is -0.145. The lowest BCUT2D eigenvalue weighted by Crippen LogP contribution is -2.52. The van der Waals surface area contributed by atoms with Crippen LogP contribution in [-0.4, -0.2) is 62.6 Å². The normalized spacial score (nSPS) is 27.4. The second kappa shape index (κ2) is 8.67. The van der Waals surface area contributed by atoms with Crippen molar-refractivity contribution in [1.82, 2.24) is 19.9 Å². The van der Waals surface area contributed by atoms with Gasteiger partial charge in [-0.25, -0.2) is 9.97 Å². The first-order chi connectivity index (χ1) is 16.0. The molecule has 2 bridgehead atoms. The summed E-state index contributed by atoms with van der Waals surface area (Å²) in [5.41, 5.74) is 3.51. The highest BCUT2D eigenvalue weighted by molar-refractivity contribution is 5.85. The number of nitrogens with zero attached hydrogens (tertiary/aromatic N) is 5. The average Bonchev–Trinajstić information content (AvgIpc) is 3.40. The number of pyridine rings is 1. The van der Waals surface area contributed by atoms with E-state index in [1.165, 1.54) is 0 Å². The Morgan fingerprint density at radius 2 is 1.91 bits per heavy atom. The molecule has 0 radical (unpaired) electrons. The number of aryl methyl sites for hydroxylation is 2. The van der Waals surface area contributed by atoms with Gasteiger partial charge in [-0.15, -0.1) is 0 Å². The Morgan fingerprint density at radius 1 is 1.12 bits per heavy atom. The van der Waals surface area contributed by atoms with E-state index < -0.39 is 0 Å². The number of likely N-dealkylation sites (tertiary alicyclic amines) is 1. The Bertz CT molecular complexity index is 1040. The largest absolute Gasteiger partial charge is 0.396 e. The van der Waals surface area contributed by atoms with Crippen molar-refractivity contribution < 1.29 is 9.90 Å². The molecule has 3 aliphatic heterocycles. The van der Waals surface area contributed by atoms with Crippen molar-refractivity contribution in [2.24, 2.45) is 11.3 Å². The van der Waals surface area contributed by atoms with Crippen molar-refractivity contribution in [3.63, 3.8) is 0 Å². The third-order valence-electron chi connectivity index (χ3n) is 8.33. The van der Waals surface area contributed by atoms with Crippen LogP contribution in [-0.2, 0) is 4.79 Å². The monoisotopic (exact) mass is 449 g/mol. The minimum atomic E-state index is -0.365. The summed E-state index contributed by atoms with van der Waals surface area (Å²) in [5, 5.41) is 9.48. The molecule has 2 aromatic heterocycles. The van der Waals surface area contributed by atoms with Crippen LogP contribution < -0.4 is 4.90 Å². The molecule has 7 heteroatoms. The second-order valence-electron chi connectivity index (χ2n) is 10.1. The second-order valence-corrected chi connectivity index (χ2v) is 10.1. The summed E-state index contributed by atoms with van der Waals surface area (Å²) >= 11 is 0. The van der Waals surface area contributed by atoms with Gasteiger partial charge in [0.05, 0.1) is 11.1 Å². The van der Waals surface area contributed by atoms with Crippen molar-refractivity contribution in [2.75, 3.05) is 24.6 Å². The maximum atomic E-state index is 13.9. The van der Waals surface area contributed by atoms with Gasteiger partial charge in [-0.1, -0.05) is 6.92 Å². The van der Waals surface area contributed by atoms with Crippen LogP contribution in [0.5, 0.6) is 0 Å². The fourth-order valence-corrected chi connectivity index (χ4v) is 6.46. The van der Waals surface area contributed by atoms with Crippen molar-refractivity contribution in [3.8, 4) is 11.3 Å². The van der Waals surface area contributed by atoms with E-state index in [1.807, 2.05) is 32.2 Å². The molecule has 3 fully saturated rings. The number of anilines is 1. The van der Waals surface area contributed by atoms with Crippen LogP contribution in [0.25, 0.3) is 11.3 Å². The van der Waals surface area contributed by atoms with Gasteiger partial charge in [0, 0.05) is 54.9 Å². The van der Waals surface area contributed by atoms with Gasteiger partial charge >= 0.3 is 0 Å². The number of hydrogen-bond acceptors (Lipinski definition) is 6. The molecule has 1 N–H and O–H groups in total. The van der Waals surface area contributed by atoms with Gasteiger partial charge in [-0.3, -0.25) is 9.78 Å². The highest BCUT2D eigenvalue weighted by Gasteiger charge is 2.60. The Morgan fingerprint density at radius 3 is 2.61 bits per heavy atom. The molecule has 0 saturated carbocycles. The number of carbonyl (C=O) groups excluding carboxylic acids is 1. The third-order valence-corrected chi connectivity index (χ3v) is 8.33. The molecule has 3 atom stereocenters. The van der Waals surface area contributed by atoms with Crippen LogP contribution in [0, 0.1) is 25.2 Å². The van der Waals surface area contributed by atoms with Crippen LogP contribution in [0.3, 0.4) is 0 Å². The molecular formula is C26H35N5O2. The molecule has 176 valence electrons. The molecule has 1 amide bonds. The number of fused-ring (bicyclic) bond motifs is 2. The zero-order valence-electron chi connectivity index (χ0n) is 20.0. The number of aliphatic hydroxyl groups excluding tert-OH is 1. The van der Waals surface area contributed by atoms with E-state index in [0.717, 1.165) is 80.2 Å². The molecule has 0 aromatic carbocycles. The van der Waals surface area contributed by atoms with Gasteiger partial charge in [0.25, 0.3) is 0 Å². The fraction of sp³-hybridized carbons (Fsp3) is 0.615. The molecule has 33 heavy (non-hydrogen) atoms. The highest BCUT2D eigenvalue weighted by Crippen LogP contribution is 2.53. The Balaban J connectivity index is 1.43. The number of carbonyl (C=O) groups is 1. The summed E-state index contributed by atoms with van der Waals surface area (Å²) in [5.74, 6) is 1.37. The predicted octanol–water partition coefficient (Wildman–Crippen LogP) is 3.52. The SMILES string of the molecule is CC[C@]1(C(=O)N2CCC(CO)CC2)C[C@H]2CC[C@@H]1N2c1nccc(-c2ccc(C)nc2C)n1. The van der Waals surface area contributed by atoms with E-state index in [1.54, 1.807) is 0 Å². The molecule has 0 unspecified atom stereocenters. The summed E-state index contributed by atoms with van der Waals surface area (Å²) in [6, 6.07) is 6.50. The van der Waals surface area contributed by atoms with E-state index in [0.29, 0.717) is 17.9 Å². The number of aliphatic hydroxyl groups is 1. The lowest BCUT2D eigenvalue weighted by Gasteiger charge is -2.41. The number of aromatic nitrogens is 3. The van der Waals surface area contributed by atoms with Gasteiger partial charge < -0.3 is 14.9 Å². The van der Waals surface area contributed by atoms with Crippen molar-refractivity contribution >= 4 is 11.9 Å². The molecule has 7 nitrogen and oxygen atoms in total. The van der Waals surface area contributed by atoms with Crippen molar-refractivity contribution in [3.05, 3.63) is 35.8 Å². The Hall–Kier alpha value is -2.54. The summed E-state index contributed by atoms with van der Waals surface area (Å²) in [4.78, 5) is 32.5. The summed E-state index contributed by atoms with van der Waals surface area (Å²) in [7, 11) is 0. The quantitative estimate of drug-likeness (QED) is 0.752. The first-order valence-electron chi connectivity index (χ1n) is 12.4. The fourth-order valence-electron chi connectivity index (χ4n) is 6.46. The Kier molecular flexibility index (Phi) is 5.85. The third kappa shape index (κ3) is 3.70. The summed E-state index contributed by atoms with van der Waals surface area (Å²) in [6.07, 6.45) is 7.45. The Labute approximate surface area is 196 Å². The highest BCUT2D eigenvalue weighted by atomic mass is 16.3. The number of piperidine rings is 1. The standard InChI is InChI=1S/C26H35N5O2/c1-4-26(24(33)30-13-10-19(16-32)11-14-30)15-20-6-8-23(26)31(20)25-27-12-9-22(29-25)21-7-5-17(2)28-18(21)3/h5,7,9,12,19-20,23,32H,4,6,8,10-11,13-16H2,1-3H3/t20-,23+,26+/m1/s1. The molecule has 0 spiro atoms. The van der Waals surface area contributed by atoms with Crippen LogP contribution in [0.2, 0.25) is 0 Å². The zero-order chi connectivity index (χ0) is 23.2. The molecule has 0 aliphatic carbocycles. The van der Waals surface area contributed by atoms with Crippen LogP contribution >= 0.6 is 0 Å². The lowest BCUT2D eigenvalue weighted by atomic mass is 9.70. The van der Waals surface area contributed by atoms with Crippen LogP contribution in [0.1, 0.15) is 56.8 Å². The maximum absolute atomic E-state index is 13.9. The van der Waals surface area contributed by atoms with E-state index in [2.05, 4.69) is 32.8 Å². The zero-order valence-corrected chi connectivity index (χ0v) is 20.0. The van der Waals surface area contributed by atoms with Gasteiger partial charge in [0.15, 0.2) is 0 Å². The molecule has 5 heterocycles. The van der Waals surface area contributed by atoms with E-state index in [9.17, 15) is 9.90 Å². The van der Waals surface area contributed by atoms with Gasteiger partial charge in [-0.2, -0.15) is 0 Å². The minimum absolute atomic E-state index is 0.142. The molecular weight excluding hydrogens is 414 g/mol. The smallest absolute Gasteiger partial charge is 0.230 e. The minimum Gasteiger partial charge on any atom is -0.396 e. The van der Waals surface area contributed by atoms with Gasteiger partial charge in [0.1, 0.15) is 0 Å². The molecule has 3 saturated heterocycles. The first kappa shape index (κ1) is 22.3. The van der Waals surface area contributed by atoms with Crippen molar-refractivity contribution in [2.45, 2.75) is 71.4 Å². The molecule has 2 aromatic rings. The van der Waals surface area contributed by atoms with Gasteiger partial charge in [-0.05, 0) is 76.5 Å². The predicted molar refractivity (Wildman–Crippen MR) is 128 cm³/mol. The van der Waals surface area contributed by atoms with E-state index >= 15 is 0 Å². The molecule has 5 rings (SSSR count). The summed E-state index contributed by atoms with van der Waals surface area (Å²) in [6.45, 7) is 7.92. The topological polar surface area (TPSA) is 82.5 Å². The van der Waals surface area contributed by atoms with Crippen molar-refractivity contribution in [1.29, 1.82) is 0 Å². The first-order valence-corrected chi connectivity index (χ1v) is 12.4. The van der Waals surface area contributed by atoms with Crippen LogP contribution in [0.4, 0.5) is 5.95 Å². The van der Waals surface area contributed by atoms with E-state index in [-0.39, 0.29) is 18.1 Å².